The number of fused-ring (bicyclic) bond motifs is 9. The molecular weight excluding hydrogens is 691 g/mol. The largest absolute Gasteiger partial charge is 0.456 e. The van der Waals surface area contributed by atoms with Gasteiger partial charge in [0.25, 0.3) is 0 Å². The Bertz CT molecular complexity index is 3020. The lowest BCUT2D eigenvalue weighted by Crippen LogP contribution is -2.50. The molecule has 0 amide bonds. The van der Waals surface area contributed by atoms with Crippen molar-refractivity contribution >= 4 is 39.0 Å². The third-order valence-electron chi connectivity index (χ3n) is 13.4. The van der Waals surface area contributed by atoms with E-state index in [2.05, 4.69) is 221 Å². The highest BCUT2D eigenvalue weighted by Crippen LogP contribution is 2.62. The number of para-hydroxylation sites is 2. The smallest absolute Gasteiger partial charge is 0.135 e. The van der Waals surface area contributed by atoms with Gasteiger partial charge in [0.05, 0.1) is 5.41 Å². The lowest BCUT2D eigenvalue weighted by atomic mass is 9.48. The summed E-state index contributed by atoms with van der Waals surface area (Å²) < 4.78 is 6.60. The molecule has 0 bridgehead atoms. The summed E-state index contributed by atoms with van der Waals surface area (Å²) in [5, 5.41) is 2.32. The topological polar surface area (TPSA) is 16.4 Å². The molecule has 0 saturated carbocycles. The van der Waals surface area contributed by atoms with Crippen LogP contribution in [0.4, 0.5) is 17.1 Å². The van der Waals surface area contributed by atoms with E-state index in [1.807, 2.05) is 0 Å². The van der Waals surface area contributed by atoms with E-state index in [1.165, 1.54) is 61.0 Å². The number of hydrogen-bond acceptors (Lipinski definition) is 2. The molecule has 0 saturated heterocycles. The molecule has 274 valence electrons. The van der Waals surface area contributed by atoms with Crippen LogP contribution in [0.5, 0.6) is 0 Å². The summed E-state index contributed by atoms with van der Waals surface area (Å²) in [6.07, 6.45) is 0. The first kappa shape index (κ1) is 33.7. The first-order valence-corrected chi connectivity index (χ1v) is 20.1. The summed E-state index contributed by atoms with van der Waals surface area (Å²) in [4.78, 5) is 2.41. The Morgan fingerprint density at radius 3 is 1.67 bits per heavy atom. The number of rotatable bonds is 5. The third-order valence-corrected chi connectivity index (χ3v) is 13.4. The van der Waals surface area contributed by atoms with Crippen molar-refractivity contribution < 1.29 is 4.42 Å². The molecule has 1 atom stereocenters. The summed E-state index contributed by atoms with van der Waals surface area (Å²) in [6, 6.07) is 69.4. The van der Waals surface area contributed by atoms with E-state index in [4.69, 9.17) is 4.42 Å². The van der Waals surface area contributed by atoms with Gasteiger partial charge in [-0.15, -0.1) is 0 Å². The van der Waals surface area contributed by atoms with Crippen LogP contribution >= 0.6 is 0 Å². The number of anilines is 3. The van der Waals surface area contributed by atoms with Crippen LogP contribution < -0.4 is 4.90 Å². The predicted octanol–water partition coefficient (Wildman–Crippen LogP) is 14.7. The van der Waals surface area contributed by atoms with Crippen LogP contribution in [0.15, 0.2) is 192 Å². The van der Waals surface area contributed by atoms with E-state index in [0.29, 0.717) is 0 Å². The first-order valence-electron chi connectivity index (χ1n) is 20.1. The Labute approximate surface area is 334 Å². The van der Waals surface area contributed by atoms with Crippen LogP contribution in [-0.2, 0) is 16.2 Å². The molecule has 2 nitrogen and oxygen atoms in total. The minimum atomic E-state index is -0.580. The predicted molar refractivity (Wildman–Crippen MR) is 237 cm³/mol. The molecule has 2 heteroatoms. The lowest BCUT2D eigenvalue weighted by molar-refractivity contribution is 0.355. The van der Waals surface area contributed by atoms with Gasteiger partial charge in [-0.3, -0.25) is 0 Å². The highest BCUT2D eigenvalue weighted by molar-refractivity contribution is 6.08. The average molecular weight is 734 g/mol. The molecule has 1 aromatic heterocycles. The van der Waals surface area contributed by atoms with Gasteiger partial charge in [-0.25, -0.2) is 0 Å². The standard InChI is InChI=1S/C55H43NO/c1-53(2)45-23-12-8-19-40(45)43-34-33-39(35-49(43)53)56(37-17-6-5-7-18-37)38-31-29-36(30-32-38)55(48-26-16-28-51-52(48)44-22-11-15-27-50(44)57-51)47-25-14-10-21-42(47)41-20-9-13-24-46(41)54(55,3)4/h5-35H,1-4H3. The second kappa shape index (κ2) is 12.2. The van der Waals surface area contributed by atoms with Gasteiger partial charge >= 0.3 is 0 Å². The van der Waals surface area contributed by atoms with E-state index in [0.717, 1.165) is 33.6 Å². The summed E-state index contributed by atoms with van der Waals surface area (Å²) in [5.41, 5.74) is 17.3. The number of hydrogen-bond donors (Lipinski definition) is 0. The average Bonchev–Trinajstić information content (AvgIpc) is 3.74. The molecule has 57 heavy (non-hydrogen) atoms. The minimum Gasteiger partial charge on any atom is -0.456 e. The summed E-state index contributed by atoms with van der Waals surface area (Å²) in [7, 11) is 0. The van der Waals surface area contributed by atoms with Crippen molar-refractivity contribution in [3.63, 3.8) is 0 Å². The minimum absolute atomic E-state index is 0.102. The molecule has 2 aliphatic rings. The highest BCUT2D eigenvalue weighted by atomic mass is 16.3. The molecule has 11 rings (SSSR count). The Kier molecular flexibility index (Phi) is 7.20. The van der Waals surface area contributed by atoms with Crippen LogP contribution in [0.1, 0.15) is 61.1 Å². The fourth-order valence-electron chi connectivity index (χ4n) is 10.8. The van der Waals surface area contributed by atoms with Crippen molar-refractivity contribution in [1.82, 2.24) is 0 Å². The van der Waals surface area contributed by atoms with Gasteiger partial charge in [0.15, 0.2) is 0 Å². The normalized spacial score (nSPS) is 17.1. The van der Waals surface area contributed by atoms with Crippen molar-refractivity contribution in [3.05, 3.63) is 221 Å². The van der Waals surface area contributed by atoms with Gasteiger partial charge in [-0.1, -0.05) is 167 Å². The third kappa shape index (κ3) is 4.59. The summed E-state index contributed by atoms with van der Waals surface area (Å²) in [5.74, 6) is 0. The molecule has 0 N–H and O–H groups in total. The maximum Gasteiger partial charge on any atom is 0.135 e. The molecule has 0 aliphatic heterocycles. The fourth-order valence-corrected chi connectivity index (χ4v) is 10.8. The van der Waals surface area contributed by atoms with E-state index in [1.54, 1.807) is 0 Å². The second-order valence-electron chi connectivity index (χ2n) is 16.9. The van der Waals surface area contributed by atoms with Crippen LogP contribution in [-0.4, -0.2) is 0 Å². The zero-order valence-corrected chi connectivity index (χ0v) is 32.8. The van der Waals surface area contributed by atoms with Gasteiger partial charge in [0, 0.05) is 38.7 Å². The molecule has 0 fully saturated rings. The molecule has 8 aromatic carbocycles. The Morgan fingerprint density at radius 2 is 0.912 bits per heavy atom. The monoisotopic (exact) mass is 733 g/mol. The van der Waals surface area contributed by atoms with Crippen molar-refractivity contribution in [2.45, 2.75) is 43.9 Å². The van der Waals surface area contributed by atoms with Gasteiger partial charge in [0.2, 0.25) is 0 Å². The van der Waals surface area contributed by atoms with Gasteiger partial charge in [0.1, 0.15) is 11.2 Å². The Balaban J connectivity index is 1.16. The van der Waals surface area contributed by atoms with E-state index < -0.39 is 5.41 Å². The van der Waals surface area contributed by atoms with Crippen LogP contribution in [0.2, 0.25) is 0 Å². The maximum absolute atomic E-state index is 6.60. The molecule has 1 heterocycles. The maximum atomic E-state index is 6.60. The quantitative estimate of drug-likeness (QED) is 0.175. The molecule has 0 spiro atoms. The Morgan fingerprint density at radius 1 is 0.386 bits per heavy atom. The van der Waals surface area contributed by atoms with Crippen LogP contribution in [0.25, 0.3) is 44.2 Å². The van der Waals surface area contributed by atoms with E-state index in [9.17, 15) is 0 Å². The Hall–Kier alpha value is -6.64. The lowest BCUT2D eigenvalue weighted by Gasteiger charge is -2.53. The number of benzene rings is 8. The first-order chi connectivity index (χ1) is 27.8. The number of nitrogens with zero attached hydrogens (tertiary/aromatic N) is 1. The highest BCUT2D eigenvalue weighted by Gasteiger charge is 2.55. The van der Waals surface area contributed by atoms with Gasteiger partial charge in [-0.05, 0) is 104 Å². The number of furan rings is 1. The van der Waals surface area contributed by atoms with Crippen molar-refractivity contribution in [2.24, 2.45) is 0 Å². The molecule has 1 unspecified atom stereocenters. The van der Waals surface area contributed by atoms with Crippen molar-refractivity contribution in [2.75, 3.05) is 4.90 Å². The fraction of sp³-hybridized carbons (Fsp3) is 0.127. The zero-order chi connectivity index (χ0) is 38.5. The molecule has 2 aliphatic carbocycles. The van der Waals surface area contributed by atoms with E-state index >= 15 is 0 Å². The van der Waals surface area contributed by atoms with Crippen molar-refractivity contribution in [1.29, 1.82) is 0 Å². The van der Waals surface area contributed by atoms with Gasteiger partial charge < -0.3 is 9.32 Å². The molecule has 9 aromatic rings. The van der Waals surface area contributed by atoms with E-state index in [-0.39, 0.29) is 10.8 Å². The SMILES string of the molecule is CC1(C)c2ccccc2-c2ccc(N(c3ccccc3)c3ccc(C4(c5cccc6oc7ccccc7c56)c5ccccc5-c5ccccc5C4(C)C)cc3)cc21. The molecular formula is C55H43NO. The summed E-state index contributed by atoms with van der Waals surface area (Å²) >= 11 is 0. The van der Waals surface area contributed by atoms with Crippen LogP contribution in [0.3, 0.4) is 0 Å². The van der Waals surface area contributed by atoms with Crippen LogP contribution in [0, 0.1) is 0 Å². The van der Waals surface area contributed by atoms with Gasteiger partial charge in [-0.2, -0.15) is 0 Å². The molecule has 0 radical (unpaired) electrons. The van der Waals surface area contributed by atoms with Crippen molar-refractivity contribution in [3.8, 4) is 22.3 Å². The second-order valence-corrected chi connectivity index (χ2v) is 16.9. The summed E-state index contributed by atoms with van der Waals surface area (Å²) in [6.45, 7) is 9.59. The zero-order valence-electron chi connectivity index (χ0n) is 32.8.